The van der Waals surface area contributed by atoms with Crippen LogP contribution in [0.15, 0.2) is 36.9 Å². The van der Waals surface area contributed by atoms with Crippen molar-refractivity contribution in [2.45, 2.75) is 37.6 Å². The van der Waals surface area contributed by atoms with Crippen LogP contribution >= 0.6 is 0 Å². The normalized spacial score (nSPS) is 20.8. The lowest BCUT2D eigenvalue weighted by Gasteiger charge is -2.49. The fourth-order valence-corrected chi connectivity index (χ4v) is 4.30. The molecule has 0 aromatic heterocycles. The lowest BCUT2D eigenvalue weighted by molar-refractivity contribution is 0.0138. The number of benzene rings is 1. The zero-order chi connectivity index (χ0) is 19.1. The quantitative estimate of drug-likeness (QED) is 0.749. The van der Waals surface area contributed by atoms with Gasteiger partial charge in [-0.1, -0.05) is 31.9 Å². The summed E-state index contributed by atoms with van der Waals surface area (Å²) in [6, 6.07) is 7.35. The molecular weight excluding hydrogens is 338 g/mol. The predicted molar refractivity (Wildman–Crippen MR) is 109 cm³/mol. The molecule has 27 heavy (non-hydrogen) atoms. The largest absolute Gasteiger partial charge is 0.490 e. The minimum absolute atomic E-state index is 0.00402. The van der Waals surface area contributed by atoms with E-state index in [1.54, 1.807) is 6.08 Å². The maximum Gasteiger partial charge on any atom is 0.251 e. The molecule has 1 saturated carbocycles. The zero-order valence-corrected chi connectivity index (χ0v) is 16.6. The molecule has 0 atom stereocenters. The van der Waals surface area contributed by atoms with E-state index in [9.17, 15) is 4.79 Å². The first-order valence-electron chi connectivity index (χ1n) is 10.2. The highest BCUT2D eigenvalue weighted by atomic mass is 16.5. The Balaban J connectivity index is 1.61. The number of likely N-dealkylation sites (N-methyl/N-ethyl adjacent to an activating group) is 1. The van der Waals surface area contributed by atoms with Crippen molar-refractivity contribution in [1.29, 1.82) is 0 Å². The summed E-state index contributed by atoms with van der Waals surface area (Å²) < 4.78 is 5.49. The standard InChI is InChI=1S/C22H33N3O2/c1-3-17-27-20-9-7-19(8-10-20)21(26)23-18-22(11-5-4-6-12-22)25-15-13-24(2)14-16-25/h3,7-10H,1,4-6,11-18H2,2H3,(H,23,26). The van der Waals surface area contributed by atoms with Crippen LogP contribution in [-0.2, 0) is 0 Å². The lowest BCUT2D eigenvalue weighted by Crippen LogP contribution is -2.61. The summed E-state index contributed by atoms with van der Waals surface area (Å²) in [5, 5.41) is 3.23. The predicted octanol–water partition coefficient (Wildman–Crippen LogP) is 2.93. The molecule has 1 N–H and O–H groups in total. The monoisotopic (exact) mass is 371 g/mol. The van der Waals surface area contributed by atoms with Crippen LogP contribution in [0.3, 0.4) is 0 Å². The van der Waals surface area contributed by atoms with Gasteiger partial charge in [0.05, 0.1) is 0 Å². The molecule has 3 rings (SSSR count). The average molecular weight is 372 g/mol. The minimum Gasteiger partial charge on any atom is -0.490 e. The second kappa shape index (κ2) is 9.38. The second-order valence-electron chi connectivity index (χ2n) is 7.88. The number of carbonyl (C=O) groups is 1. The van der Waals surface area contributed by atoms with Crippen molar-refractivity contribution in [3.63, 3.8) is 0 Å². The SMILES string of the molecule is C=CCOc1ccc(C(=O)NCC2(N3CCN(C)CC3)CCCCC2)cc1. The van der Waals surface area contributed by atoms with Crippen LogP contribution in [0.25, 0.3) is 0 Å². The van der Waals surface area contributed by atoms with E-state index in [1.807, 2.05) is 24.3 Å². The van der Waals surface area contributed by atoms with E-state index in [4.69, 9.17) is 4.74 Å². The first-order chi connectivity index (χ1) is 13.1. The Morgan fingerprint density at radius 2 is 1.81 bits per heavy atom. The van der Waals surface area contributed by atoms with E-state index in [0.29, 0.717) is 12.2 Å². The molecule has 1 aliphatic carbocycles. The van der Waals surface area contributed by atoms with Crippen LogP contribution < -0.4 is 10.1 Å². The number of hydrogen-bond donors (Lipinski definition) is 1. The smallest absolute Gasteiger partial charge is 0.251 e. The van der Waals surface area contributed by atoms with Gasteiger partial charge >= 0.3 is 0 Å². The average Bonchev–Trinajstić information content (AvgIpc) is 2.72. The third kappa shape index (κ3) is 5.11. The Morgan fingerprint density at radius 1 is 1.15 bits per heavy atom. The molecule has 1 aliphatic heterocycles. The molecule has 5 nitrogen and oxygen atoms in total. The Kier molecular flexibility index (Phi) is 6.91. The van der Waals surface area contributed by atoms with Crippen LogP contribution in [0.2, 0.25) is 0 Å². The molecule has 1 amide bonds. The fourth-order valence-electron chi connectivity index (χ4n) is 4.30. The van der Waals surface area contributed by atoms with Gasteiger partial charge in [0.2, 0.25) is 0 Å². The summed E-state index contributed by atoms with van der Waals surface area (Å²) >= 11 is 0. The van der Waals surface area contributed by atoms with Gasteiger partial charge in [-0.25, -0.2) is 0 Å². The number of nitrogens with zero attached hydrogens (tertiary/aromatic N) is 2. The third-order valence-corrected chi connectivity index (χ3v) is 6.02. The Morgan fingerprint density at radius 3 is 2.44 bits per heavy atom. The topological polar surface area (TPSA) is 44.8 Å². The first-order valence-corrected chi connectivity index (χ1v) is 10.2. The van der Waals surface area contributed by atoms with Crippen molar-refractivity contribution < 1.29 is 9.53 Å². The highest BCUT2D eigenvalue weighted by Gasteiger charge is 2.39. The molecule has 1 aromatic carbocycles. The van der Waals surface area contributed by atoms with Gasteiger partial charge < -0.3 is 15.0 Å². The van der Waals surface area contributed by atoms with E-state index < -0.39 is 0 Å². The van der Waals surface area contributed by atoms with Gasteiger partial charge in [0.1, 0.15) is 12.4 Å². The number of hydrogen-bond acceptors (Lipinski definition) is 4. The van der Waals surface area contributed by atoms with Crippen LogP contribution in [0.4, 0.5) is 0 Å². The second-order valence-corrected chi connectivity index (χ2v) is 7.88. The molecule has 5 heteroatoms. The van der Waals surface area contributed by atoms with Crippen molar-refractivity contribution in [2.75, 3.05) is 46.4 Å². The molecule has 1 heterocycles. The molecule has 148 valence electrons. The van der Waals surface area contributed by atoms with E-state index in [2.05, 4.69) is 28.7 Å². The summed E-state index contributed by atoms with van der Waals surface area (Å²) in [4.78, 5) is 17.7. The van der Waals surface area contributed by atoms with Gasteiger partial charge in [-0.05, 0) is 44.2 Å². The molecule has 0 spiro atoms. The number of carbonyl (C=O) groups excluding carboxylic acids is 1. The van der Waals surface area contributed by atoms with Crippen LogP contribution in [-0.4, -0.2) is 67.6 Å². The Bertz CT molecular complexity index is 615. The molecular formula is C22H33N3O2. The molecule has 0 radical (unpaired) electrons. The van der Waals surface area contributed by atoms with E-state index in [-0.39, 0.29) is 11.4 Å². The van der Waals surface area contributed by atoms with Crippen molar-refractivity contribution in [3.05, 3.63) is 42.5 Å². The van der Waals surface area contributed by atoms with Gasteiger partial charge in [0.25, 0.3) is 5.91 Å². The van der Waals surface area contributed by atoms with Crippen molar-refractivity contribution >= 4 is 5.91 Å². The van der Waals surface area contributed by atoms with Gasteiger partial charge in [-0.3, -0.25) is 9.69 Å². The van der Waals surface area contributed by atoms with Gasteiger partial charge in [-0.15, -0.1) is 0 Å². The van der Waals surface area contributed by atoms with Crippen LogP contribution in [0.1, 0.15) is 42.5 Å². The molecule has 2 fully saturated rings. The molecule has 2 aliphatic rings. The first kappa shape index (κ1) is 19.9. The van der Waals surface area contributed by atoms with E-state index in [0.717, 1.165) is 38.5 Å². The minimum atomic E-state index is 0.00402. The maximum atomic E-state index is 12.7. The number of rotatable bonds is 7. The fraction of sp³-hybridized carbons (Fsp3) is 0.591. The van der Waals surface area contributed by atoms with Crippen LogP contribution in [0.5, 0.6) is 5.75 Å². The number of ether oxygens (including phenoxy) is 1. The maximum absolute atomic E-state index is 12.7. The molecule has 0 bridgehead atoms. The van der Waals surface area contributed by atoms with E-state index >= 15 is 0 Å². The third-order valence-electron chi connectivity index (χ3n) is 6.02. The van der Waals surface area contributed by atoms with Crippen molar-refractivity contribution in [1.82, 2.24) is 15.1 Å². The van der Waals surface area contributed by atoms with E-state index in [1.165, 1.54) is 32.1 Å². The summed E-state index contributed by atoms with van der Waals surface area (Å²) in [5.74, 6) is 0.761. The number of amides is 1. The Hall–Kier alpha value is -1.85. The summed E-state index contributed by atoms with van der Waals surface area (Å²) in [6.07, 6.45) is 7.92. The van der Waals surface area contributed by atoms with Crippen molar-refractivity contribution in [2.24, 2.45) is 0 Å². The molecule has 1 saturated heterocycles. The summed E-state index contributed by atoms with van der Waals surface area (Å²) in [6.45, 7) is 9.28. The number of nitrogens with one attached hydrogen (secondary N) is 1. The highest BCUT2D eigenvalue weighted by Crippen LogP contribution is 2.34. The van der Waals surface area contributed by atoms with Gasteiger partial charge in [0.15, 0.2) is 0 Å². The van der Waals surface area contributed by atoms with Crippen LogP contribution in [0, 0.1) is 0 Å². The van der Waals surface area contributed by atoms with Gasteiger partial charge in [0, 0.05) is 43.8 Å². The molecule has 0 unspecified atom stereocenters. The number of piperazine rings is 1. The molecule has 1 aromatic rings. The zero-order valence-electron chi connectivity index (χ0n) is 16.6. The Labute approximate surface area is 163 Å². The van der Waals surface area contributed by atoms with Gasteiger partial charge in [-0.2, -0.15) is 0 Å². The highest BCUT2D eigenvalue weighted by molar-refractivity contribution is 5.94. The summed E-state index contributed by atoms with van der Waals surface area (Å²) in [5.41, 5.74) is 0.813. The lowest BCUT2D eigenvalue weighted by atomic mass is 9.79. The summed E-state index contributed by atoms with van der Waals surface area (Å²) in [7, 11) is 2.19. The van der Waals surface area contributed by atoms with Crippen molar-refractivity contribution in [3.8, 4) is 5.75 Å².